The molecule has 0 aromatic carbocycles. The molecule has 1 aliphatic rings. The monoisotopic (exact) mass is 277 g/mol. The van der Waals surface area contributed by atoms with E-state index < -0.39 is 25.1 Å². The summed E-state index contributed by atoms with van der Waals surface area (Å²) in [5, 5.41) is 1.57. The minimum absolute atomic E-state index is 0.238. The number of amides is 1. The molecule has 1 N–H and O–H groups in total. The smallest absolute Gasteiger partial charge is 0.300 e. The molecule has 0 spiro atoms. The van der Waals surface area contributed by atoms with Crippen molar-refractivity contribution in [1.82, 2.24) is 5.32 Å². The predicted molar refractivity (Wildman–Crippen MR) is 67.0 cm³/mol. The Balaban J connectivity index is 3.08. The second-order valence-electron chi connectivity index (χ2n) is 3.77. The van der Waals surface area contributed by atoms with Crippen LogP contribution in [0.15, 0.2) is 12.7 Å². The highest BCUT2D eigenvalue weighted by Gasteiger charge is 2.53. The highest BCUT2D eigenvalue weighted by molar-refractivity contribution is 8.25. The molecule has 1 unspecified atom stereocenters. The number of nitrogens with one attached hydrogen (secondary N) is 1. The summed E-state index contributed by atoms with van der Waals surface area (Å²) in [4.78, 5) is 22.5. The highest BCUT2D eigenvalue weighted by atomic mass is 32.3. The van der Waals surface area contributed by atoms with Gasteiger partial charge in [-0.1, -0.05) is 19.4 Å². The second kappa shape index (κ2) is 5.22. The first-order valence-electron chi connectivity index (χ1n) is 5.27. The van der Waals surface area contributed by atoms with Gasteiger partial charge >= 0.3 is 5.91 Å². The van der Waals surface area contributed by atoms with Crippen molar-refractivity contribution < 1.29 is 18.0 Å². The third kappa shape index (κ3) is 2.71. The second-order valence-corrected chi connectivity index (χ2v) is 7.56. The van der Waals surface area contributed by atoms with Crippen molar-refractivity contribution in [3.8, 4) is 0 Å². The van der Waals surface area contributed by atoms with Crippen LogP contribution in [0.4, 0.5) is 0 Å². The minimum atomic E-state index is -3.62. The maximum atomic E-state index is 12.1. The number of rotatable bonds is 6. The van der Waals surface area contributed by atoms with Gasteiger partial charge in [0.05, 0.1) is 5.75 Å². The maximum Gasteiger partial charge on any atom is 0.300 e. The van der Waals surface area contributed by atoms with Gasteiger partial charge < -0.3 is 5.32 Å². The molecule has 1 saturated heterocycles. The standard InChI is InChI=1S/C10H15NO4S2/c1-3-5-6-10(17(14,15)7-4-2)11-8(12)9(13)16-10/h4H,2-3,5-7H2,1H3,(H,11,12). The molecule has 1 heterocycles. The average Bonchev–Trinajstić information content (AvgIpc) is 2.53. The minimum Gasteiger partial charge on any atom is -0.321 e. The summed E-state index contributed by atoms with van der Waals surface area (Å²) < 4.78 is 22.7. The van der Waals surface area contributed by atoms with Crippen LogP contribution in [0.3, 0.4) is 0 Å². The van der Waals surface area contributed by atoms with Crippen LogP contribution >= 0.6 is 11.8 Å². The van der Waals surface area contributed by atoms with Gasteiger partial charge in [-0.2, -0.15) is 0 Å². The van der Waals surface area contributed by atoms with Crippen LogP contribution in [-0.4, -0.2) is 29.4 Å². The van der Waals surface area contributed by atoms with Gasteiger partial charge in [0.1, 0.15) is 0 Å². The molecule has 0 aromatic rings. The molecule has 0 aromatic heterocycles. The van der Waals surface area contributed by atoms with Crippen molar-refractivity contribution >= 4 is 32.6 Å². The van der Waals surface area contributed by atoms with Crippen LogP contribution < -0.4 is 5.32 Å². The van der Waals surface area contributed by atoms with E-state index in [4.69, 9.17) is 0 Å². The summed E-state index contributed by atoms with van der Waals surface area (Å²) in [5.74, 6) is -1.09. The van der Waals surface area contributed by atoms with Crippen molar-refractivity contribution in [1.29, 1.82) is 0 Å². The van der Waals surface area contributed by atoms with Crippen LogP contribution in [-0.2, 0) is 19.4 Å². The molecule has 1 aliphatic heterocycles. The van der Waals surface area contributed by atoms with E-state index in [-0.39, 0.29) is 12.2 Å². The van der Waals surface area contributed by atoms with Crippen molar-refractivity contribution in [2.45, 2.75) is 30.4 Å². The number of unbranched alkanes of at least 4 members (excludes halogenated alkanes) is 1. The topological polar surface area (TPSA) is 80.3 Å². The number of thioether (sulfide) groups is 1. The zero-order valence-electron chi connectivity index (χ0n) is 9.56. The Morgan fingerprint density at radius 3 is 2.53 bits per heavy atom. The third-order valence-corrected chi connectivity index (χ3v) is 6.45. The Labute approximate surface area is 105 Å². The summed E-state index contributed by atoms with van der Waals surface area (Å²) in [6, 6.07) is 0. The number of hydrogen-bond acceptors (Lipinski definition) is 5. The lowest BCUT2D eigenvalue weighted by molar-refractivity contribution is -0.132. The van der Waals surface area contributed by atoms with Crippen molar-refractivity contribution in [2.24, 2.45) is 0 Å². The molecule has 1 fully saturated rings. The van der Waals surface area contributed by atoms with E-state index in [0.717, 1.165) is 6.42 Å². The zero-order valence-corrected chi connectivity index (χ0v) is 11.2. The zero-order chi connectivity index (χ0) is 13.1. The normalized spacial score (nSPS) is 24.8. The molecule has 0 aliphatic carbocycles. The fourth-order valence-corrected chi connectivity index (χ4v) is 4.61. The van der Waals surface area contributed by atoms with Gasteiger partial charge in [-0.15, -0.1) is 6.58 Å². The number of carbonyl (C=O) groups is 2. The van der Waals surface area contributed by atoms with Crippen LogP contribution in [0.5, 0.6) is 0 Å². The summed E-state index contributed by atoms with van der Waals surface area (Å²) in [6.45, 7) is 5.29. The van der Waals surface area contributed by atoms with Gasteiger partial charge in [0.2, 0.25) is 0 Å². The fraction of sp³-hybridized carbons (Fsp3) is 0.600. The molecule has 17 heavy (non-hydrogen) atoms. The van der Waals surface area contributed by atoms with E-state index in [0.29, 0.717) is 18.2 Å². The van der Waals surface area contributed by atoms with Crippen LogP contribution in [0.2, 0.25) is 0 Å². The van der Waals surface area contributed by atoms with Gasteiger partial charge in [-0.25, -0.2) is 8.42 Å². The summed E-state index contributed by atoms with van der Waals surface area (Å²) in [6.07, 6.45) is 2.91. The first-order chi connectivity index (χ1) is 7.88. The average molecular weight is 277 g/mol. The SMILES string of the molecule is C=CCS(=O)(=O)C1(CCCC)NC(=O)C(=O)S1. The van der Waals surface area contributed by atoms with E-state index in [1.807, 2.05) is 6.92 Å². The van der Waals surface area contributed by atoms with Gasteiger partial charge in [-0.3, -0.25) is 9.59 Å². The fourth-order valence-electron chi connectivity index (χ4n) is 1.56. The molecule has 1 amide bonds. The molecule has 5 nitrogen and oxygen atoms in total. The summed E-state index contributed by atoms with van der Waals surface area (Å²) in [5.41, 5.74) is 0. The molecule has 7 heteroatoms. The molecule has 0 saturated carbocycles. The molecule has 96 valence electrons. The summed E-state index contributed by atoms with van der Waals surface area (Å²) in [7, 11) is -3.62. The van der Waals surface area contributed by atoms with E-state index in [9.17, 15) is 18.0 Å². The quantitative estimate of drug-likeness (QED) is 0.574. The number of carbonyl (C=O) groups excluding carboxylic acids is 2. The lowest BCUT2D eigenvalue weighted by Crippen LogP contribution is -2.47. The molecular formula is C10H15NO4S2. The third-order valence-electron chi connectivity index (χ3n) is 2.45. The largest absolute Gasteiger partial charge is 0.321 e. The summed E-state index contributed by atoms with van der Waals surface area (Å²) >= 11 is 0.573. The van der Waals surface area contributed by atoms with Crippen LogP contribution in [0.25, 0.3) is 0 Å². The molecule has 1 rings (SSSR count). The van der Waals surface area contributed by atoms with Crippen molar-refractivity contribution in [3.05, 3.63) is 12.7 Å². The van der Waals surface area contributed by atoms with Crippen LogP contribution in [0.1, 0.15) is 26.2 Å². The number of hydrogen-bond donors (Lipinski definition) is 1. The Hall–Kier alpha value is -0.820. The molecule has 0 radical (unpaired) electrons. The molecular weight excluding hydrogens is 262 g/mol. The lowest BCUT2D eigenvalue weighted by atomic mass is 10.2. The highest BCUT2D eigenvalue weighted by Crippen LogP contribution is 2.39. The Kier molecular flexibility index (Phi) is 4.37. The van der Waals surface area contributed by atoms with Gasteiger partial charge in [0.25, 0.3) is 5.12 Å². The van der Waals surface area contributed by atoms with Crippen LogP contribution in [0, 0.1) is 0 Å². The van der Waals surface area contributed by atoms with E-state index in [1.54, 1.807) is 0 Å². The van der Waals surface area contributed by atoms with E-state index in [2.05, 4.69) is 11.9 Å². The Bertz CT molecular complexity index is 425. The van der Waals surface area contributed by atoms with E-state index in [1.165, 1.54) is 6.08 Å². The first-order valence-corrected chi connectivity index (χ1v) is 7.74. The maximum absolute atomic E-state index is 12.1. The van der Waals surface area contributed by atoms with Crippen molar-refractivity contribution in [2.75, 3.05) is 5.75 Å². The van der Waals surface area contributed by atoms with Crippen molar-refractivity contribution in [3.63, 3.8) is 0 Å². The number of sulfone groups is 1. The van der Waals surface area contributed by atoms with E-state index >= 15 is 0 Å². The molecule has 1 atom stereocenters. The predicted octanol–water partition coefficient (Wildman–Crippen LogP) is 0.821. The Morgan fingerprint density at radius 1 is 1.47 bits per heavy atom. The van der Waals surface area contributed by atoms with Gasteiger partial charge in [0, 0.05) is 0 Å². The van der Waals surface area contributed by atoms with Gasteiger partial charge in [-0.05, 0) is 24.6 Å². The lowest BCUT2D eigenvalue weighted by Gasteiger charge is -2.26. The van der Waals surface area contributed by atoms with Gasteiger partial charge in [0.15, 0.2) is 14.0 Å². The Morgan fingerprint density at radius 2 is 2.12 bits per heavy atom. The molecule has 0 bridgehead atoms. The first kappa shape index (κ1) is 14.2.